The van der Waals surface area contributed by atoms with Crippen LogP contribution in [0.15, 0.2) is 72.8 Å². The van der Waals surface area contributed by atoms with Gasteiger partial charge in [-0.25, -0.2) is 9.97 Å². The second-order valence-corrected chi connectivity index (χ2v) is 11.4. The van der Waals surface area contributed by atoms with E-state index in [4.69, 9.17) is 9.97 Å². The average Bonchev–Trinajstić information content (AvgIpc) is 3.35. The van der Waals surface area contributed by atoms with Crippen LogP contribution >= 0.6 is 11.3 Å². The molecule has 1 saturated heterocycles. The molecule has 0 N–H and O–H groups in total. The molecule has 3 aromatic carbocycles. The van der Waals surface area contributed by atoms with Gasteiger partial charge in [-0.3, -0.25) is 4.79 Å². The third kappa shape index (κ3) is 4.23. The first-order valence-electron chi connectivity index (χ1n) is 13.6. The fraction of sp³-hybridized carbons (Fsp3) is 0.281. The van der Waals surface area contributed by atoms with Gasteiger partial charge in [0.2, 0.25) is 0 Å². The normalized spacial score (nSPS) is 15.7. The highest BCUT2D eigenvalue weighted by atomic mass is 32.1. The summed E-state index contributed by atoms with van der Waals surface area (Å²) in [5.41, 5.74) is 3.48. The van der Waals surface area contributed by atoms with Gasteiger partial charge in [-0.05, 0) is 53.6 Å². The van der Waals surface area contributed by atoms with Crippen molar-refractivity contribution in [1.82, 2.24) is 14.9 Å². The number of aryl methyl sites for hydroxylation is 2. The summed E-state index contributed by atoms with van der Waals surface area (Å²) < 4.78 is 0. The zero-order valence-electron chi connectivity index (χ0n) is 21.4. The molecule has 2 aliphatic rings. The molecule has 6 heteroatoms. The number of nitrogens with zero attached hydrogens (tertiary/aromatic N) is 4. The Balaban J connectivity index is 1.19. The molecule has 7 rings (SSSR count). The van der Waals surface area contributed by atoms with E-state index >= 15 is 0 Å². The van der Waals surface area contributed by atoms with Gasteiger partial charge in [-0.15, -0.1) is 11.3 Å². The Bertz CT molecular complexity index is 1630. The number of anilines is 1. The van der Waals surface area contributed by atoms with E-state index in [0.717, 1.165) is 65.2 Å². The zero-order valence-corrected chi connectivity index (χ0v) is 22.2. The Hall–Kier alpha value is -3.77. The van der Waals surface area contributed by atoms with Crippen LogP contribution in [0.4, 0.5) is 5.82 Å². The monoisotopic (exact) mass is 518 g/mol. The van der Waals surface area contributed by atoms with E-state index in [1.165, 1.54) is 34.2 Å². The molecule has 3 heterocycles. The molecule has 5 nitrogen and oxygen atoms in total. The average molecular weight is 519 g/mol. The lowest BCUT2D eigenvalue weighted by Crippen LogP contribution is -2.49. The van der Waals surface area contributed by atoms with Gasteiger partial charge in [0.15, 0.2) is 0 Å². The van der Waals surface area contributed by atoms with Crippen LogP contribution in [-0.4, -0.2) is 47.0 Å². The molecule has 0 spiro atoms. The number of hydrogen-bond acceptors (Lipinski definition) is 5. The third-order valence-corrected chi connectivity index (χ3v) is 9.12. The van der Waals surface area contributed by atoms with E-state index in [2.05, 4.69) is 41.3 Å². The predicted octanol–water partition coefficient (Wildman–Crippen LogP) is 6.28. The van der Waals surface area contributed by atoms with Crippen molar-refractivity contribution in [3.63, 3.8) is 0 Å². The summed E-state index contributed by atoms with van der Waals surface area (Å²) >= 11 is 1.86. The zero-order chi connectivity index (χ0) is 25.5. The van der Waals surface area contributed by atoms with Gasteiger partial charge in [0.1, 0.15) is 16.5 Å². The molecular formula is C32H30N4OS. The minimum absolute atomic E-state index is 0.118. The molecule has 1 fully saturated rings. The topological polar surface area (TPSA) is 49.3 Å². The molecule has 0 unspecified atom stereocenters. The fourth-order valence-corrected chi connectivity index (χ4v) is 7.25. The van der Waals surface area contributed by atoms with Crippen molar-refractivity contribution < 1.29 is 4.79 Å². The van der Waals surface area contributed by atoms with Crippen LogP contribution in [0, 0.1) is 0 Å². The Morgan fingerprint density at radius 2 is 1.58 bits per heavy atom. The minimum atomic E-state index is 0.118. The number of carbonyl (C=O) groups excluding carboxylic acids is 1. The number of benzene rings is 3. The maximum absolute atomic E-state index is 13.6. The third-order valence-electron chi connectivity index (χ3n) is 7.93. The maximum Gasteiger partial charge on any atom is 0.254 e. The highest BCUT2D eigenvalue weighted by Gasteiger charge is 2.28. The van der Waals surface area contributed by atoms with Crippen LogP contribution in [-0.2, 0) is 19.3 Å². The highest BCUT2D eigenvalue weighted by molar-refractivity contribution is 7.19. The van der Waals surface area contributed by atoms with Crippen molar-refractivity contribution in [2.75, 3.05) is 31.1 Å². The lowest BCUT2D eigenvalue weighted by molar-refractivity contribution is 0.0748. The number of piperazine rings is 1. The molecule has 1 aliphatic carbocycles. The summed E-state index contributed by atoms with van der Waals surface area (Å²) in [6.07, 6.45) is 5.48. The minimum Gasteiger partial charge on any atom is -0.352 e. The van der Waals surface area contributed by atoms with Crippen LogP contribution in [0.1, 0.15) is 45.0 Å². The summed E-state index contributed by atoms with van der Waals surface area (Å²) in [6.45, 7) is 2.93. The van der Waals surface area contributed by atoms with Crippen molar-refractivity contribution in [2.24, 2.45) is 0 Å². The fourth-order valence-electron chi connectivity index (χ4n) is 5.97. The van der Waals surface area contributed by atoms with Crippen LogP contribution in [0.25, 0.3) is 21.0 Å². The quantitative estimate of drug-likeness (QED) is 0.281. The van der Waals surface area contributed by atoms with Crippen LogP contribution in [0.5, 0.6) is 0 Å². The molecule has 2 aromatic heterocycles. The molecule has 0 radical (unpaired) electrons. The highest BCUT2D eigenvalue weighted by Crippen LogP contribution is 2.40. The molecular weight excluding hydrogens is 488 g/mol. The van der Waals surface area contributed by atoms with Crippen molar-refractivity contribution in [1.29, 1.82) is 0 Å². The number of rotatable bonds is 4. The van der Waals surface area contributed by atoms with Gasteiger partial charge in [-0.2, -0.15) is 0 Å². The van der Waals surface area contributed by atoms with Crippen molar-refractivity contribution in [2.45, 2.75) is 32.1 Å². The van der Waals surface area contributed by atoms with Gasteiger partial charge in [-0.1, -0.05) is 66.7 Å². The number of carbonyl (C=O) groups is 1. The molecule has 1 aliphatic heterocycles. The van der Waals surface area contributed by atoms with Crippen LogP contribution < -0.4 is 4.90 Å². The molecule has 1 amide bonds. The summed E-state index contributed by atoms with van der Waals surface area (Å²) in [4.78, 5) is 30.8. The van der Waals surface area contributed by atoms with E-state index in [1.807, 2.05) is 52.6 Å². The first kappa shape index (κ1) is 23.4. The maximum atomic E-state index is 13.6. The standard InChI is InChI=1S/C32H30N4OS/c37-32(25-15-8-12-23-11-4-5-13-24(23)25)36-19-17-35(18-20-36)30-29-26-14-6-7-16-27(26)38-31(29)34-28(33-30)21-22-9-2-1-3-10-22/h1-5,8-13,15H,6-7,14,16-21H2. The second-order valence-electron chi connectivity index (χ2n) is 10.3. The van der Waals surface area contributed by atoms with Gasteiger partial charge < -0.3 is 9.80 Å². The molecule has 38 heavy (non-hydrogen) atoms. The van der Waals surface area contributed by atoms with Gasteiger partial charge in [0.05, 0.1) is 5.39 Å². The largest absolute Gasteiger partial charge is 0.352 e. The Kier molecular flexibility index (Phi) is 6.05. The number of thiophene rings is 1. The van der Waals surface area contributed by atoms with E-state index in [1.54, 1.807) is 0 Å². The smallest absolute Gasteiger partial charge is 0.254 e. The summed E-state index contributed by atoms with van der Waals surface area (Å²) in [6, 6.07) is 24.6. The molecule has 5 aromatic rings. The molecule has 0 atom stereocenters. The van der Waals surface area contributed by atoms with Crippen LogP contribution in [0.3, 0.4) is 0 Å². The number of hydrogen-bond donors (Lipinski definition) is 0. The first-order valence-corrected chi connectivity index (χ1v) is 14.4. The van der Waals surface area contributed by atoms with Gasteiger partial charge in [0, 0.05) is 43.0 Å². The summed E-state index contributed by atoms with van der Waals surface area (Å²) in [5.74, 6) is 2.07. The van der Waals surface area contributed by atoms with E-state index < -0.39 is 0 Å². The molecule has 0 bridgehead atoms. The lowest BCUT2D eigenvalue weighted by Gasteiger charge is -2.36. The summed E-state index contributed by atoms with van der Waals surface area (Å²) in [7, 11) is 0. The Morgan fingerprint density at radius 1 is 0.816 bits per heavy atom. The van der Waals surface area contributed by atoms with E-state index in [-0.39, 0.29) is 5.91 Å². The van der Waals surface area contributed by atoms with Crippen molar-refractivity contribution in [3.8, 4) is 0 Å². The number of aromatic nitrogens is 2. The summed E-state index contributed by atoms with van der Waals surface area (Å²) in [5, 5.41) is 3.39. The Morgan fingerprint density at radius 3 is 2.45 bits per heavy atom. The number of fused-ring (bicyclic) bond motifs is 4. The lowest BCUT2D eigenvalue weighted by atomic mass is 9.96. The first-order chi connectivity index (χ1) is 18.7. The van der Waals surface area contributed by atoms with E-state index in [9.17, 15) is 4.79 Å². The van der Waals surface area contributed by atoms with Gasteiger partial charge >= 0.3 is 0 Å². The SMILES string of the molecule is O=C(c1cccc2ccccc12)N1CCN(c2nc(Cc3ccccc3)nc3sc4c(c23)CCCC4)CC1. The molecule has 190 valence electrons. The Labute approximate surface area is 226 Å². The molecule has 0 saturated carbocycles. The van der Waals surface area contributed by atoms with Crippen molar-refractivity contribution in [3.05, 3.63) is 100 Å². The van der Waals surface area contributed by atoms with Gasteiger partial charge in [0.25, 0.3) is 5.91 Å². The predicted molar refractivity (Wildman–Crippen MR) is 155 cm³/mol. The second kappa shape index (κ2) is 9.84. The van der Waals surface area contributed by atoms with Crippen molar-refractivity contribution >= 4 is 44.1 Å². The van der Waals surface area contributed by atoms with Crippen LogP contribution in [0.2, 0.25) is 0 Å². The number of amides is 1. The van der Waals surface area contributed by atoms with E-state index in [0.29, 0.717) is 13.1 Å².